The second kappa shape index (κ2) is 12.7. The third kappa shape index (κ3) is 6.93. The van der Waals surface area contributed by atoms with Gasteiger partial charge in [-0.2, -0.15) is 0 Å². The van der Waals surface area contributed by atoms with Crippen LogP contribution in [0.15, 0.2) is 47.8 Å². The number of allylic oxidation sites excluding steroid dienone is 1. The predicted molar refractivity (Wildman–Crippen MR) is 102 cm³/mol. The molecule has 0 bridgehead atoms. The Morgan fingerprint density at radius 1 is 0.909 bits per heavy atom. The molecule has 10 heteroatoms. The molecule has 0 aliphatic heterocycles. The van der Waals surface area contributed by atoms with Gasteiger partial charge in [0.2, 0.25) is 0 Å². The van der Waals surface area contributed by atoms with E-state index in [0.717, 1.165) is 5.56 Å². The van der Waals surface area contributed by atoms with E-state index in [4.69, 9.17) is 22.9 Å². The maximum absolute atomic E-state index is 6.29. The van der Waals surface area contributed by atoms with Gasteiger partial charge in [-0.25, -0.2) is 0 Å². The molecule has 1 atom stereocenters. The molecule has 0 spiro atoms. The Balaban J connectivity index is -0.000000161. The van der Waals surface area contributed by atoms with Crippen LogP contribution in [0.1, 0.15) is 12.0 Å². The summed E-state index contributed by atoms with van der Waals surface area (Å²) in [6, 6.07) is 7.51. The van der Waals surface area contributed by atoms with Gasteiger partial charge < -0.3 is 33.9 Å². The molecule has 0 radical (unpaired) electrons. The molecule has 0 saturated carbocycles. The summed E-state index contributed by atoms with van der Waals surface area (Å²) in [7, 11) is 0. The lowest BCUT2D eigenvalue weighted by Gasteiger charge is -2.30. The second-order valence-electron chi connectivity index (χ2n) is 4.16. The maximum atomic E-state index is 6.29. The van der Waals surface area contributed by atoms with E-state index in [9.17, 15) is 0 Å². The molecule has 0 aromatic heterocycles. The monoisotopic (exact) mass is 396 g/mol. The van der Waals surface area contributed by atoms with Crippen LogP contribution in [0.5, 0.6) is 0 Å². The highest BCUT2D eigenvalue weighted by Crippen LogP contribution is 2.30. The van der Waals surface area contributed by atoms with Crippen LogP contribution < -0.4 is 22.9 Å². The summed E-state index contributed by atoms with van der Waals surface area (Å²) >= 11 is 0. The quantitative estimate of drug-likeness (QED) is 0.507. The highest BCUT2D eigenvalue weighted by Gasteiger charge is 2.28. The first-order chi connectivity index (χ1) is 7.51. The van der Waals surface area contributed by atoms with Crippen molar-refractivity contribution in [2.45, 2.75) is 12.0 Å². The lowest BCUT2D eigenvalue weighted by Crippen LogP contribution is -2.38. The van der Waals surface area contributed by atoms with E-state index < -0.39 is 5.54 Å². The first-order valence-electron chi connectivity index (χ1n) is 5.09. The van der Waals surface area contributed by atoms with Crippen molar-refractivity contribution >= 4 is 55.3 Å². The first-order valence-corrected chi connectivity index (χ1v) is 5.09. The average Bonchev–Trinajstić information content (AvgIpc) is 2.24. The third-order valence-electron chi connectivity index (χ3n) is 2.84. The topological polar surface area (TPSA) is 167 Å². The van der Waals surface area contributed by atoms with Crippen LogP contribution in [0, 0.1) is 0 Å². The Morgan fingerprint density at radius 2 is 1.45 bits per heavy atom. The van der Waals surface area contributed by atoms with Crippen LogP contribution in [-0.4, -0.2) is 11.0 Å². The van der Waals surface area contributed by atoms with Gasteiger partial charge in [-0.15, -0.1) is 49.6 Å². The van der Waals surface area contributed by atoms with Crippen molar-refractivity contribution in [3.63, 3.8) is 0 Å². The van der Waals surface area contributed by atoms with Crippen LogP contribution >= 0.6 is 49.6 Å². The zero-order chi connectivity index (χ0) is 11.8. The summed E-state index contributed by atoms with van der Waals surface area (Å²) in [5.41, 5.74) is 25.8. The first kappa shape index (κ1) is 32.9. The number of hydrogen-bond acceptors (Lipinski definition) is 4. The van der Waals surface area contributed by atoms with E-state index in [1.54, 1.807) is 6.08 Å². The maximum Gasteiger partial charge on any atom is 0.0655 e. The van der Waals surface area contributed by atoms with Crippen LogP contribution in [0.4, 0.5) is 5.69 Å². The minimum absolute atomic E-state index is 0. The van der Waals surface area contributed by atoms with Gasteiger partial charge >= 0.3 is 0 Å². The van der Waals surface area contributed by atoms with Crippen LogP contribution in [0.2, 0.25) is 0 Å². The van der Waals surface area contributed by atoms with Crippen molar-refractivity contribution in [2.24, 2.45) is 17.2 Å². The summed E-state index contributed by atoms with van der Waals surface area (Å²) in [4.78, 5) is 0. The van der Waals surface area contributed by atoms with E-state index in [0.29, 0.717) is 23.5 Å². The molecule has 132 valence electrons. The molecule has 0 heterocycles. The van der Waals surface area contributed by atoms with Crippen molar-refractivity contribution in [1.82, 2.24) is 0 Å². The molecule has 1 aromatic rings. The molecule has 1 aromatic carbocycles. The molecule has 12 N–H and O–H groups in total. The lowest BCUT2D eigenvalue weighted by atomic mass is 9.83. The molecule has 1 aliphatic carbocycles. The number of nitrogen functional groups attached to an aromatic ring is 1. The number of nitrogens with two attached hydrogens (primary N) is 4. The molecular weight excluding hydrogens is 374 g/mol. The Kier molecular flexibility index (Phi) is 18.9. The van der Waals surface area contributed by atoms with E-state index >= 15 is 0 Å². The SMILES string of the molecule is Cl.Cl.Cl.Cl.NC1=C(N)CC(N)(c2cccc(N)c2)C=C1.O.O. The highest BCUT2D eigenvalue weighted by atomic mass is 35.5. The summed E-state index contributed by atoms with van der Waals surface area (Å²) in [6.07, 6.45) is 4.13. The summed E-state index contributed by atoms with van der Waals surface area (Å²) in [6.45, 7) is 0. The lowest BCUT2D eigenvalue weighted by molar-refractivity contribution is 0.541. The molecule has 22 heavy (non-hydrogen) atoms. The Bertz CT molecular complexity index is 500. The van der Waals surface area contributed by atoms with Crippen LogP contribution in [-0.2, 0) is 5.54 Å². The zero-order valence-corrected chi connectivity index (χ0v) is 14.9. The van der Waals surface area contributed by atoms with Crippen molar-refractivity contribution < 1.29 is 11.0 Å². The number of halogens is 4. The highest BCUT2D eigenvalue weighted by molar-refractivity contribution is 5.86. The van der Waals surface area contributed by atoms with Crippen molar-refractivity contribution in [3.8, 4) is 0 Å². The fourth-order valence-electron chi connectivity index (χ4n) is 1.85. The van der Waals surface area contributed by atoms with E-state index in [1.165, 1.54) is 0 Å². The molecular formula is C12H24Cl4N4O2. The Morgan fingerprint density at radius 3 is 1.91 bits per heavy atom. The molecule has 0 saturated heterocycles. The molecule has 1 aliphatic rings. The van der Waals surface area contributed by atoms with Crippen molar-refractivity contribution in [3.05, 3.63) is 53.4 Å². The minimum atomic E-state index is -0.609. The van der Waals surface area contributed by atoms with Gasteiger partial charge in [-0.1, -0.05) is 18.2 Å². The number of anilines is 1. The number of benzene rings is 1. The number of hydrogen-bond donors (Lipinski definition) is 4. The third-order valence-corrected chi connectivity index (χ3v) is 2.84. The van der Waals surface area contributed by atoms with Gasteiger partial charge in [0.1, 0.15) is 0 Å². The minimum Gasteiger partial charge on any atom is -0.412 e. The molecule has 2 rings (SSSR count). The fourth-order valence-corrected chi connectivity index (χ4v) is 1.85. The summed E-state index contributed by atoms with van der Waals surface area (Å²) < 4.78 is 0. The van der Waals surface area contributed by atoms with Gasteiger partial charge in [0.15, 0.2) is 0 Å². The predicted octanol–water partition coefficient (Wildman–Crippen LogP) is 0.549. The van der Waals surface area contributed by atoms with Gasteiger partial charge in [-0.3, -0.25) is 0 Å². The molecule has 0 fully saturated rings. The van der Waals surface area contributed by atoms with E-state index in [-0.39, 0.29) is 60.6 Å². The Labute approximate surface area is 154 Å². The van der Waals surface area contributed by atoms with E-state index in [2.05, 4.69) is 0 Å². The fraction of sp³-hybridized carbons (Fsp3) is 0.167. The van der Waals surface area contributed by atoms with Crippen LogP contribution in [0.3, 0.4) is 0 Å². The Hall–Kier alpha value is -0.860. The smallest absolute Gasteiger partial charge is 0.0655 e. The molecule has 0 amide bonds. The zero-order valence-electron chi connectivity index (χ0n) is 11.6. The van der Waals surface area contributed by atoms with Crippen molar-refractivity contribution in [2.75, 3.05) is 5.73 Å². The van der Waals surface area contributed by atoms with Gasteiger partial charge in [0.25, 0.3) is 0 Å². The standard InChI is InChI=1S/C12H16N4.4ClH.2H2O/c13-9-3-1-2-8(6-9)12(16)5-4-10(14)11(15)7-12;;;;;;/h1-6H,7,13-16H2;4*1H;2*1H2. The normalized spacial score (nSPS) is 18.0. The van der Waals surface area contributed by atoms with Gasteiger partial charge in [0, 0.05) is 17.8 Å². The van der Waals surface area contributed by atoms with Crippen LogP contribution in [0.25, 0.3) is 0 Å². The van der Waals surface area contributed by atoms with E-state index in [1.807, 2.05) is 30.3 Å². The van der Waals surface area contributed by atoms with Gasteiger partial charge in [-0.05, 0) is 23.8 Å². The summed E-state index contributed by atoms with van der Waals surface area (Å²) in [5.74, 6) is 0. The summed E-state index contributed by atoms with van der Waals surface area (Å²) in [5, 5.41) is 0. The average molecular weight is 398 g/mol. The molecule has 6 nitrogen and oxygen atoms in total. The number of rotatable bonds is 1. The van der Waals surface area contributed by atoms with Crippen molar-refractivity contribution in [1.29, 1.82) is 0 Å². The largest absolute Gasteiger partial charge is 0.412 e. The second-order valence-corrected chi connectivity index (χ2v) is 4.16. The van der Waals surface area contributed by atoms with Gasteiger partial charge in [0.05, 0.1) is 11.2 Å². The molecule has 1 unspecified atom stereocenters.